The molecule has 0 aliphatic heterocycles. The van der Waals surface area contributed by atoms with Crippen LogP contribution in [0.2, 0.25) is 0 Å². The lowest BCUT2D eigenvalue weighted by molar-refractivity contribution is 1.02. The number of thiazole rings is 1. The first-order chi connectivity index (χ1) is 8.75. The molecule has 3 aromatic rings. The largest absolute Gasteiger partial charge is 0.259 e. The highest BCUT2D eigenvalue weighted by Gasteiger charge is 2.13. The van der Waals surface area contributed by atoms with Crippen molar-refractivity contribution in [2.75, 3.05) is 0 Å². The Labute approximate surface area is 115 Å². The quantitative estimate of drug-likeness (QED) is 0.702. The first-order valence-corrected chi connectivity index (χ1v) is 7.08. The van der Waals surface area contributed by atoms with E-state index in [1.165, 1.54) is 4.70 Å². The molecule has 1 atom stereocenters. The van der Waals surface area contributed by atoms with Crippen molar-refractivity contribution in [1.29, 1.82) is 0 Å². The first-order valence-electron chi connectivity index (χ1n) is 5.74. The molecule has 90 valence electrons. The van der Waals surface area contributed by atoms with Gasteiger partial charge in [0, 0.05) is 17.0 Å². The SMILES string of the molecule is CC(S)c1ncccc1-c1nc2ccccc2s1. The third kappa shape index (κ3) is 2.02. The number of thiol groups is 1. The third-order valence-electron chi connectivity index (χ3n) is 2.76. The van der Waals surface area contributed by atoms with Crippen LogP contribution in [-0.2, 0) is 0 Å². The summed E-state index contributed by atoms with van der Waals surface area (Å²) in [5.74, 6) is 0. The van der Waals surface area contributed by atoms with E-state index in [0.717, 1.165) is 21.8 Å². The van der Waals surface area contributed by atoms with Crippen LogP contribution >= 0.6 is 24.0 Å². The fraction of sp³-hybridized carbons (Fsp3) is 0.143. The standard InChI is InChI=1S/C14H12N2S2/c1-9(17)13-10(5-4-8-15-13)14-16-11-6-2-3-7-12(11)18-14/h2-9,17H,1H3. The fourth-order valence-corrected chi connectivity index (χ4v) is 3.12. The summed E-state index contributed by atoms with van der Waals surface area (Å²) in [6.45, 7) is 2.03. The van der Waals surface area contributed by atoms with Crippen LogP contribution in [0.1, 0.15) is 17.9 Å². The minimum atomic E-state index is 0.105. The van der Waals surface area contributed by atoms with E-state index >= 15 is 0 Å². The van der Waals surface area contributed by atoms with Gasteiger partial charge in [-0.1, -0.05) is 12.1 Å². The molecule has 0 aliphatic rings. The van der Waals surface area contributed by atoms with Gasteiger partial charge in [-0.15, -0.1) is 11.3 Å². The zero-order valence-corrected chi connectivity index (χ0v) is 11.6. The number of para-hydroxylation sites is 1. The molecule has 2 aromatic heterocycles. The highest BCUT2D eigenvalue weighted by atomic mass is 32.1. The van der Waals surface area contributed by atoms with Gasteiger partial charge >= 0.3 is 0 Å². The minimum Gasteiger partial charge on any atom is -0.259 e. The van der Waals surface area contributed by atoms with Crippen LogP contribution in [0.3, 0.4) is 0 Å². The zero-order valence-electron chi connectivity index (χ0n) is 9.87. The van der Waals surface area contributed by atoms with Crippen molar-refractivity contribution in [2.24, 2.45) is 0 Å². The van der Waals surface area contributed by atoms with Crippen LogP contribution in [-0.4, -0.2) is 9.97 Å². The number of rotatable bonds is 2. The van der Waals surface area contributed by atoms with Gasteiger partial charge in [-0.25, -0.2) is 4.98 Å². The molecule has 3 rings (SSSR count). The van der Waals surface area contributed by atoms with E-state index in [4.69, 9.17) is 0 Å². The van der Waals surface area contributed by atoms with Gasteiger partial charge < -0.3 is 0 Å². The highest BCUT2D eigenvalue weighted by molar-refractivity contribution is 7.80. The molecule has 0 aliphatic carbocycles. The summed E-state index contributed by atoms with van der Waals surface area (Å²) in [6, 6.07) is 12.2. The molecule has 0 fully saturated rings. The molecule has 0 saturated heterocycles. The lowest BCUT2D eigenvalue weighted by Gasteiger charge is -2.07. The topological polar surface area (TPSA) is 25.8 Å². The molecule has 0 bridgehead atoms. The minimum absolute atomic E-state index is 0.105. The molecular weight excluding hydrogens is 260 g/mol. The number of aromatic nitrogens is 2. The van der Waals surface area contributed by atoms with Gasteiger partial charge in [0.05, 0.1) is 15.9 Å². The first kappa shape index (κ1) is 11.7. The molecule has 0 spiro atoms. The Hall–Kier alpha value is -1.39. The highest BCUT2D eigenvalue weighted by Crippen LogP contribution is 2.34. The number of pyridine rings is 1. The molecule has 0 N–H and O–H groups in total. The number of nitrogens with zero attached hydrogens (tertiary/aromatic N) is 2. The van der Waals surface area contributed by atoms with Crippen molar-refractivity contribution in [3.05, 3.63) is 48.3 Å². The summed E-state index contributed by atoms with van der Waals surface area (Å²) in [5, 5.41) is 1.12. The van der Waals surface area contributed by atoms with Gasteiger partial charge in [0.2, 0.25) is 0 Å². The van der Waals surface area contributed by atoms with Gasteiger partial charge in [0.15, 0.2) is 0 Å². The van der Waals surface area contributed by atoms with Gasteiger partial charge in [-0.05, 0) is 31.2 Å². The van der Waals surface area contributed by atoms with Crippen molar-refractivity contribution in [3.63, 3.8) is 0 Å². The molecular formula is C14H12N2S2. The molecule has 1 aromatic carbocycles. The third-order valence-corrected chi connectivity index (χ3v) is 4.07. The summed E-state index contributed by atoms with van der Waals surface area (Å²) < 4.78 is 1.20. The van der Waals surface area contributed by atoms with Crippen molar-refractivity contribution in [3.8, 4) is 10.6 Å². The smallest absolute Gasteiger partial charge is 0.126 e. The second-order valence-electron chi connectivity index (χ2n) is 4.10. The fourth-order valence-electron chi connectivity index (χ4n) is 1.92. The number of benzene rings is 1. The summed E-state index contributed by atoms with van der Waals surface area (Å²) >= 11 is 6.18. The molecule has 4 heteroatoms. The molecule has 0 saturated carbocycles. The second-order valence-corrected chi connectivity index (χ2v) is 5.90. The van der Waals surface area contributed by atoms with Gasteiger partial charge in [0.1, 0.15) is 5.01 Å². The van der Waals surface area contributed by atoms with Crippen LogP contribution in [0, 0.1) is 0 Å². The van der Waals surface area contributed by atoms with Crippen molar-refractivity contribution < 1.29 is 0 Å². The normalized spacial score (nSPS) is 12.8. The Balaban J connectivity index is 2.20. The van der Waals surface area contributed by atoms with E-state index in [9.17, 15) is 0 Å². The van der Waals surface area contributed by atoms with E-state index in [2.05, 4.69) is 34.7 Å². The molecule has 0 radical (unpaired) electrons. The number of hydrogen-bond donors (Lipinski definition) is 1. The van der Waals surface area contributed by atoms with Crippen LogP contribution in [0.4, 0.5) is 0 Å². The maximum atomic E-state index is 4.67. The van der Waals surface area contributed by atoms with E-state index in [-0.39, 0.29) is 5.25 Å². The van der Waals surface area contributed by atoms with Gasteiger partial charge in [-0.3, -0.25) is 4.98 Å². The summed E-state index contributed by atoms with van der Waals surface area (Å²) in [5.41, 5.74) is 3.11. The maximum absolute atomic E-state index is 4.67. The Morgan fingerprint density at radius 1 is 1.17 bits per heavy atom. The van der Waals surface area contributed by atoms with Crippen LogP contribution < -0.4 is 0 Å². The van der Waals surface area contributed by atoms with E-state index in [1.54, 1.807) is 17.5 Å². The van der Waals surface area contributed by atoms with Crippen molar-refractivity contribution >= 4 is 34.2 Å². The number of hydrogen-bond acceptors (Lipinski definition) is 4. The van der Waals surface area contributed by atoms with Crippen LogP contribution in [0.25, 0.3) is 20.8 Å². The Morgan fingerprint density at radius 3 is 2.78 bits per heavy atom. The molecule has 2 heterocycles. The molecule has 1 unspecified atom stereocenters. The average Bonchev–Trinajstić information content (AvgIpc) is 2.82. The predicted molar refractivity (Wildman–Crippen MR) is 80.3 cm³/mol. The lowest BCUT2D eigenvalue weighted by atomic mass is 10.1. The molecule has 2 nitrogen and oxygen atoms in total. The van der Waals surface area contributed by atoms with E-state index < -0.39 is 0 Å². The molecule has 18 heavy (non-hydrogen) atoms. The van der Waals surface area contributed by atoms with E-state index in [1.807, 2.05) is 31.2 Å². The second kappa shape index (κ2) is 4.71. The summed E-state index contributed by atoms with van der Waals surface area (Å²) in [7, 11) is 0. The Kier molecular flexibility index (Phi) is 3.06. The van der Waals surface area contributed by atoms with E-state index in [0.29, 0.717) is 0 Å². The van der Waals surface area contributed by atoms with Crippen molar-refractivity contribution in [2.45, 2.75) is 12.2 Å². The van der Waals surface area contributed by atoms with Gasteiger partial charge in [-0.2, -0.15) is 12.6 Å². The molecule has 0 amide bonds. The Bertz CT molecular complexity index is 656. The van der Waals surface area contributed by atoms with Crippen LogP contribution in [0.15, 0.2) is 42.6 Å². The zero-order chi connectivity index (χ0) is 12.5. The monoisotopic (exact) mass is 272 g/mol. The maximum Gasteiger partial charge on any atom is 0.126 e. The Morgan fingerprint density at radius 2 is 2.00 bits per heavy atom. The summed E-state index contributed by atoms with van der Waals surface area (Å²) in [4.78, 5) is 9.09. The predicted octanol–water partition coefficient (Wildman–Crippen LogP) is 4.35. The van der Waals surface area contributed by atoms with Crippen molar-refractivity contribution in [1.82, 2.24) is 9.97 Å². The number of fused-ring (bicyclic) bond motifs is 1. The lowest BCUT2D eigenvalue weighted by Crippen LogP contribution is -1.93. The summed E-state index contributed by atoms with van der Waals surface area (Å²) in [6.07, 6.45) is 1.80. The van der Waals surface area contributed by atoms with Crippen LogP contribution in [0.5, 0.6) is 0 Å². The van der Waals surface area contributed by atoms with Gasteiger partial charge in [0.25, 0.3) is 0 Å². The average molecular weight is 272 g/mol.